The van der Waals surface area contributed by atoms with E-state index in [-0.39, 0.29) is 17.9 Å². The number of fused-ring (bicyclic) bond motifs is 1. The molecule has 7 heteroatoms. The molecule has 2 heterocycles. The largest absolute Gasteiger partial charge is 0.354 e. The summed E-state index contributed by atoms with van der Waals surface area (Å²) in [6.45, 7) is 2.57. The summed E-state index contributed by atoms with van der Waals surface area (Å²) in [5.74, 6) is -0.141. The third-order valence-corrected chi connectivity index (χ3v) is 4.25. The molecule has 1 amide bonds. The summed E-state index contributed by atoms with van der Waals surface area (Å²) in [6.07, 6.45) is 1.95. The maximum atomic E-state index is 12.1. The van der Waals surface area contributed by atoms with Crippen molar-refractivity contribution in [1.82, 2.24) is 20.1 Å². The van der Waals surface area contributed by atoms with Gasteiger partial charge in [-0.15, -0.1) is 11.3 Å². The molecule has 0 unspecified atom stereocenters. The highest BCUT2D eigenvalue weighted by Gasteiger charge is 2.08. The van der Waals surface area contributed by atoms with Crippen LogP contribution in [0.15, 0.2) is 40.6 Å². The SMILES string of the molecule is Cc1nc(CCNC(=O)Cn2ncc(=O)c3ccccc32)cs1. The number of hydrogen-bond donors (Lipinski definition) is 1. The average molecular weight is 328 g/mol. The van der Waals surface area contributed by atoms with Gasteiger partial charge in [-0.05, 0) is 19.1 Å². The Hall–Kier alpha value is -2.54. The van der Waals surface area contributed by atoms with Crippen molar-refractivity contribution < 1.29 is 4.79 Å². The number of carbonyl (C=O) groups excluding carboxylic acids is 1. The quantitative estimate of drug-likeness (QED) is 0.770. The zero-order chi connectivity index (χ0) is 16.2. The first-order valence-corrected chi connectivity index (χ1v) is 8.14. The van der Waals surface area contributed by atoms with Gasteiger partial charge in [0.1, 0.15) is 6.54 Å². The van der Waals surface area contributed by atoms with Crippen molar-refractivity contribution in [3.63, 3.8) is 0 Å². The second-order valence-electron chi connectivity index (χ2n) is 5.14. The number of para-hydroxylation sites is 1. The number of thiazole rings is 1. The molecule has 6 nitrogen and oxygen atoms in total. The number of hydrogen-bond acceptors (Lipinski definition) is 5. The van der Waals surface area contributed by atoms with E-state index in [2.05, 4.69) is 15.4 Å². The van der Waals surface area contributed by atoms with Gasteiger partial charge in [0, 0.05) is 23.7 Å². The van der Waals surface area contributed by atoms with Crippen molar-refractivity contribution in [2.24, 2.45) is 0 Å². The highest BCUT2D eigenvalue weighted by atomic mass is 32.1. The summed E-state index contributed by atoms with van der Waals surface area (Å²) in [6, 6.07) is 7.14. The zero-order valence-electron chi connectivity index (χ0n) is 12.7. The van der Waals surface area contributed by atoms with Crippen LogP contribution in [-0.4, -0.2) is 27.2 Å². The molecule has 0 fully saturated rings. The van der Waals surface area contributed by atoms with Gasteiger partial charge in [0.25, 0.3) is 0 Å². The average Bonchev–Trinajstić information content (AvgIpc) is 2.96. The molecule has 1 N–H and O–H groups in total. The Morgan fingerprint density at radius 1 is 1.35 bits per heavy atom. The van der Waals surface area contributed by atoms with Gasteiger partial charge in [-0.25, -0.2) is 4.98 Å². The Bertz CT molecular complexity index is 900. The maximum absolute atomic E-state index is 12.1. The fraction of sp³-hybridized carbons (Fsp3) is 0.250. The standard InChI is InChI=1S/C16H16N4O2S/c1-11-19-12(10-23-11)6-7-17-16(22)9-20-14-5-3-2-4-13(14)15(21)8-18-20/h2-5,8,10H,6-7,9H2,1H3,(H,17,22). The Kier molecular flexibility index (Phi) is 4.47. The van der Waals surface area contributed by atoms with Gasteiger partial charge < -0.3 is 5.32 Å². The lowest BCUT2D eigenvalue weighted by Gasteiger charge is -2.09. The van der Waals surface area contributed by atoms with Crippen LogP contribution in [0, 0.1) is 6.92 Å². The summed E-state index contributed by atoms with van der Waals surface area (Å²) in [4.78, 5) is 28.2. The fourth-order valence-electron chi connectivity index (χ4n) is 2.33. The Labute approximate surface area is 136 Å². The van der Waals surface area contributed by atoms with E-state index in [4.69, 9.17) is 0 Å². The molecule has 0 aliphatic carbocycles. The molecule has 3 aromatic rings. The van der Waals surface area contributed by atoms with Gasteiger partial charge in [-0.2, -0.15) is 5.10 Å². The first-order chi connectivity index (χ1) is 11.1. The number of rotatable bonds is 5. The number of aryl methyl sites for hydroxylation is 1. The Balaban J connectivity index is 1.64. The summed E-state index contributed by atoms with van der Waals surface area (Å²) in [7, 11) is 0. The molecule has 118 valence electrons. The van der Waals surface area contributed by atoms with Gasteiger partial charge in [0.05, 0.1) is 22.4 Å². The van der Waals surface area contributed by atoms with Crippen LogP contribution in [0.3, 0.4) is 0 Å². The minimum atomic E-state index is -0.142. The fourth-order valence-corrected chi connectivity index (χ4v) is 2.98. The molecule has 0 radical (unpaired) electrons. The first kappa shape index (κ1) is 15.4. The molecule has 0 saturated heterocycles. The summed E-state index contributed by atoms with van der Waals surface area (Å²) < 4.78 is 1.54. The van der Waals surface area contributed by atoms with E-state index in [1.807, 2.05) is 18.4 Å². The first-order valence-electron chi connectivity index (χ1n) is 7.26. The molecule has 0 aliphatic heterocycles. The van der Waals surface area contributed by atoms with Crippen LogP contribution < -0.4 is 10.7 Å². The Morgan fingerprint density at radius 2 is 2.17 bits per heavy atom. The number of nitrogens with one attached hydrogen (secondary N) is 1. The zero-order valence-corrected chi connectivity index (χ0v) is 13.5. The van der Waals surface area contributed by atoms with E-state index in [9.17, 15) is 9.59 Å². The van der Waals surface area contributed by atoms with Crippen LogP contribution in [0.4, 0.5) is 0 Å². The molecule has 0 bridgehead atoms. The minimum Gasteiger partial charge on any atom is -0.354 e. The van der Waals surface area contributed by atoms with Crippen molar-refractivity contribution in [1.29, 1.82) is 0 Å². The van der Waals surface area contributed by atoms with E-state index in [1.165, 1.54) is 6.20 Å². The smallest absolute Gasteiger partial charge is 0.241 e. The lowest BCUT2D eigenvalue weighted by Crippen LogP contribution is -2.30. The Morgan fingerprint density at radius 3 is 2.96 bits per heavy atom. The molecule has 1 aromatic carbocycles. The normalized spacial score (nSPS) is 10.8. The van der Waals surface area contributed by atoms with Crippen LogP contribution in [0.5, 0.6) is 0 Å². The predicted molar refractivity (Wildman–Crippen MR) is 89.6 cm³/mol. The molecular formula is C16H16N4O2S. The molecule has 0 aliphatic rings. The minimum absolute atomic E-state index is 0.0802. The number of carbonyl (C=O) groups is 1. The van der Waals surface area contributed by atoms with E-state index in [1.54, 1.807) is 34.2 Å². The van der Waals surface area contributed by atoms with Crippen LogP contribution in [0.25, 0.3) is 10.9 Å². The summed E-state index contributed by atoms with van der Waals surface area (Å²) in [5.41, 5.74) is 1.50. The molecule has 23 heavy (non-hydrogen) atoms. The monoisotopic (exact) mass is 328 g/mol. The number of nitrogens with zero attached hydrogens (tertiary/aromatic N) is 3. The third kappa shape index (κ3) is 3.62. The predicted octanol–water partition coefficient (Wildman–Crippen LogP) is 1.52. The van der Waals surface area contributed by atoms with E-state index >= 15 is 0 Å². The number of aromatic nitrogens is 3. The molecule has 0 spiro atoms. The van der Waals surface area contributed by atoms with Crippen molar-refractivity contribution in [2.75, 3.05) is 6.54 Å². The van der Waals surface area contributed by atoms with E-state index in [0.717, 1.165) is 10.7 Å². The van der Waals surface area contributed by atoms with Crippen LogP contribution in [0.1, 0.15) is 10.7 Å². The van der Waals surface area contributed by atoms with Crippen molar-refractivity contribution in [3.05, 3.63) is 56.8 Å². The van der Waals surface area contributed by atoms with Gasteiger partial charge in [0.2, 0.25) is 11.3 Å². The van der Waals surface area contributed by atoms with Crippen molar-refractivity contribution in [3.8, 4) is 0 Å². The second-order valence-corrected chi connectivity index (χ2v) is 6.20. The van der Waals surface area contributed by atoms with E-state index in [0.29, 0.717) is 23.9 Å². The molecular weight excluding hydrogens is 312 g/mol. The maximum Gasteiger partial charge on any atom is 0.241 e. The molecule has 0 saturated carbocycles. The lowest BCUT2D eigenvalue weighted by atomic mass is 10.2. The molecule has 2 aromatic heterocycles. The van der Waals surface area contributed by atoms with Crippen LogP contribution in [0.2, 0.25) is 0 Å². The number of benzene rings is 1. The number of amides is 1. The molecule has 0 atom stereocenters. The van der Waals surface area contributed by atoms with E-state index < -0.39 is 0 Å². The van der Waals surface area contributed by atoms with Gasteiger partial charge in [-0.3, -0.25) is 14.3 Å². The molecule has 3 rings (SSSR count). The highest BCUT2D eigenvalue weighted by Crippen LogP contribution is 2.08. The summed E-state index contributed by atoms with van der Waals surface area (Å²) >= 11 is 1.60. The van der Waals surface area contributed by atoms with Crippen molar-refractivity contribution >= 4 is 28.1 Å². The lowest BCUT2D eigenvalue weighted by molar-refractivity contribution is -0.121. The highest BCUT2D eigenvalue weighted by molar-refractivity contribution is 7.09. The van der Waals surface area contributed by atoms with Crippen LogP contribution in [-0.2, 0) is 17.8 Å². The van der Waals surface area contributed by atoms with Gasteiger partial charge in [0.15, 0.2) is 0 Å². The third-order valence-electron chi connectivity index (χ3n) is 3.43. The van der Waals surface area contributed by atoms with Crippen molar-refractivity contribution in [2.45, 2.75) is 19.9 Å². The second kappa shape index (κ2) is 6.70. The topological polar surface area (TPSA) is 76.9 Å². The van der Waals surface area contributed by atoms with Gasteiger partial charge >= 0.3 is 0 Å². The van der Waals surface area contributed by atoms with Gasteiger partial charge in [-0.1, -0.05) is 12.1 Å². The van der Waals surface area contributed by atoms with Crippen LogP contribution >= 0.6 is 11.3 Å². The summed E-state index contributed by atoms with van der Waals surface area (Å²) in [5, 5.41) is 10.5.